The van der Waals surface area contributed by atoms with E-state index in [2.05, 4.69) is 4.84 Å². The van der Waals surface area contributed by atoms with Gasteiger partial charge in [-0.15, -0.1) is 10.1 Å². The van der Waals surface area contributed by atoms with Crippen LogP contribution in [0.2, 0.25) is 0 Å². The Morgan fingerprint density at radius 1 is 1.16 bits per heavy atom. The Morgan fingerprint density at radius 3 is 2.35 bits per heavy atom. The highest BCUT2D eigenvalue weighted by atomic mass is 17.0. The molecule has 0 aromatic heterocycles. The summed E-state index contributed by atoms with van der Waals surface area (Å²) in [5.41, 5.74) is -1.15. The van der Waals surface area contributed by atoms with Crippen molar-refractivity contribution in [3.63, 3.8) is 0 Å². The second kappa shape index (κ2) is 8.08. The molecule has 2 fully saturated rings. The van der Waals surface area contributed by atoms with E-state index >= 15 is 0 Å². The third-order valence-corrected chi connectivity index (χ3v) is 6.34. The van der Waals surface area contributed by atoms with Crippen molar-refractivity contribution in [1.82, 2.24) is 0 Å². The molecule has 5 atom stereocenters. The Hall–Kier alpha value is -2.72. The van der Waals surface area contributed by atoms with Gasteiger partial charge in [0.1, 0.15) is 35.4 Å². The van der Waals surface area contributed by atoms with Gasteiger partial charge in [0.2, 0.25) is 0 Å². The first-order valence-corrected chi connectivity index (χ1v) is 10.2. The third kappa shape index (κ3) is 3.43. The molecule has 0 spiro atoms. The molecule has 0 radical (unpaired) electrons. The maximum atomic E-state index is 12.1. The Balaban J connectivity index is 1.89. The Kier molecular flexibility index (Phi) is 5.61. The summed E-state index contributed by atoms with van der Waals surface area (Å²) in [6, 6.07) is 12.9. The van der Waals surface area contributed by atoms with Crippen LogP contribution in [0.4, 0.5) is 0 Å². The van der Waals surface area contributed by atoms with Crippen molar-refractivity contribution < 1.29 is 34.7 Å². The van der Waals surface area contributed by atoms with Crippen LogP contribution in [0.1, 0.15) is 30.9 Å². The molecular weight excluding hydrogens is 406 g/mol. The standard InChI is InChI=1S/C22H25NO8/c1-2-11-21(14-3-7-16(24)8-4-14,15-5-9-17(10-6-15)31-23(27)28)22(26)13-30-19-18(25)12-29-20(19)22/h3-10,18-20,24-26H,2,11-13H2,1H3/t18-,19+,20-,21?,22-/m0/s1. The van der Waals surface area contributed by atoms with Crippen molar-refractivity contribution in [3.05, 3.63) is 69.8 Å². The fourth-order valence-electron chi connectivity index (χ4n) is 5.05. The summed E-state index contributed by atoms with van der Waals surface area (Å²) in [4.78, 5) is 15.2. The lowest BCUT2D eigenvalue weighted by Gasteiger charge is -2.48. The largest absolute Gasteiger partial charge is 0.508 e. The van der Waals surface area contributed by atoms with Crippen molar-refractivity contribution in [1.29, 1.82) is 0 Å². The summed E-state index contributed by atoms with van der Waals surface area (Å²) in [5.74, 6) is 0.147. The number of hydrogen-bond donors (Lipinski definition) is 3. The summed E-state index contributed by atoms with van der Waals surface area (Å²) in [6.45, 7) is 1.98. The molecule has 1 unspecified atom stereocenters. The van der Waals surface area contributed by atoms with Crippen LogP contribution in [0.25, 0.3) is 0 Å². The van der Waals surface area contributed by atoms with Crippen LogP contribution in [0, 0.1) is 10.1 Å². The van der Waals surface area contributed by atoms with Crippen LogP contribution < -0.4 is 4.84 Å². The molecule has 9 heteroatoms. The van der Waals surface area contributed by atoms with Gasteiger partial charge >= 0.3 is 0 Å². The van der Waals surface area contributed by atoms with Crippen LogP contribution in [0.3, 0.4) is 0 Å². The van der Waals surface area contributed by atoms with Gasteiger partial charge in [-0.25, -0.2) is 0 Å². The van der Waals surface area contributed by atoms with E-state index in [-0.39, 0.29) is 24.7 Å². The van der Waals surface area contributed by atoms with Crippen molar-refractivity contribution in [2.75, 3.05) is 13.2 Å². The van der Waals surface area contributed by atoms with Crippen molar-refractivity contribution in [2.24, 2.45) is 0 Å². The molecule has 0 aliphatic carbocycles. The molecule has 166 valence electrons. The number of rotatable bonds is 7. The van der Waals surface area contributed by atoms with Crippen molar-refractivity contribution >= 4 is 0 Å². The zero-order chi connectivity index (χ0) is 22.2. The molecule has 2 aliphatic heterocycles. The maximum Gasteiger partial charge on any atom is 0.299 e. The minimum Gasteiger partial charge on any atom is -0.508 e. The van der Waals surface area contributed by atoms with E-state index in [4.69, 9.17) is 9.47 Å². The predicted octanol–water partition coefficient (Wildman–Crippen LogP) is 1.94. The number of phenols is 1. The number of nitrogens with zero attached hydrogens (tertiary/aromatic N) is 1. The second-order valence-corrected chi connectivity index (χ2v) is 8.06. The van der Waals surface area contributed by atoms with Crippen LogP contribution in [0.15, 0.2) is 48.5 Å². The Labute approximate surface area is 178 Å². The molecule has 2 aromatic rings. The number of aliphatic hydroxyl groups excluding tert-OH is 1. The minimum atomic E-state index is -1.53. The summed E-state index contributed by atoms with van der Waals surface area (Å²) in [5, 5.41) is 42.0. The highest BCUT2D eigenvalue weighted by molar-refractivity contribution is 5.48. The van der Waals surface area contributed by atoms with E-state index in [9.17, 15) is 25.4 Å². The molecule has 9 nitrogen and oxygen atoms in total. The third-order valence-electron chi connectivity index (χ3n) is 6.34. The lowest BCUT2D eigenvalue weighted by molar-refractivity contribution is -0.711. The van der Waals surface area contributed by atoms with E-state index in [0.29, 0.717) is 18.4 Å². The minimum absolute atomic E-state index is 0.0601. The molecule has 2 aromatic carbocycles. The van der Waals surface area contributed by atoms with Crippen LogP contribution in [0.5, 0.6) is 11.5 Å². The molecule has 2 saturated heterocycles. The topological polar surface area (TPSA) is 132 Å². The van der Waals surface area contributed by atoms with E-state index in [1.54, 1.807) is 36.4 Å². The summed E-state index contributed by atoms with van der Waals surface area (Å²) < 4.78 is 11.6. The van der Waals surface area contributed by atoms with Crippen molar-refractivity contribution in [3.8, 4) is 11.5 Å². The molecule has 4 rings (SSSR count). The number of ether oxygens (including phenoxy) is 2. The SMILES string of the molecule is CCCC(c1ccc(O)cc1)(c1ccc(O[N+](=O)[O-])cc1)[C@]1(O)CO[C@@H]2[C@@H](O)CO[C@@H]21. The molecule has 0 saturated carbocycles. The van der Waals surface area contributed by atoms with Gasteiger partial charge in [-0.2, -0.15) is 0 Å². The van der Waals surface area contributed by atoms with E-state index < -0.39 is 34.4 Å². The molecule has 0 bridgehead atoms. The molecule has 3 N–H and O–H groups in total. The first-order chi connectivity index (χ1) is 14.8. The lowest BCUT2D eigenvalue weighted by Crippen LogP contribution is -2.60. The van der Waals surface area contributed by atoms with Crippen molar-refractivity contribution in [2.45, 2.75) is 49.1 Å². The molecule has 0 amide bonds. The van der Waals surface area contributed by atoms with Gasteiger partial charge in [-0.3, -0.25) is 4.84 Å². The number of benzene rings is 2. The summed E-state index contributed by atoms with van der Waals surface area (Å²) >= 11 is 0. The quantitative estimate of drug-likeness (QED) is 0.448. The number of aromatic hydroxyl groups is 1. The maximum absolute atomic E-state index is 12.1. The number of aliphatic hydroxyl groups is 2. The smallest absolute Gasteiger partial charge is 0.299 e. The average molecular weight is 431 g/mol. The van der Waals surface area contributed by atoms with Gasteiger partial charge in [-0.1, -0.05) is 37.6 Å². The van der Waals surface area contributed by atoms with E-state index in [0.717, 1.165) is 5.56 Å². The zero-order valence-electron chi connectivity index (χ0n) is 17.0. The Morgan fingerprint density at radius 2 is 1.77 bits per heavy atom. The Bertz CT molecular complexity index is 934. The van der Waals surface area contributed by atoms with Gasteiger partial charge < -0.3 is 24.8 Å². The van der Waals surface area contributed by atoms with Gasteiger partial charge in [0, 0.05) is 0 Å². The monoisotopic (exact) mass is 431 g/mol. The number of hydrogen-bond acceptors (Lipinski definition) is 8. The van der Waals surface area contributed by atoms with Gasteiger partial charge in [0.15, 0.2) is 0 Å². The van der Waals surface area contributed by atoms with Gasteiger partial charge in [-0.05, 0) is 41.8 Å². The van der Waals surface area contributed by atoms with E-state index in [1.165, 1.54) is 12.1 Å². The van der Waals surface area contributed by atoms with Gasteiger partial charge in [0.25, 0.3) is 5.09 Å². The number of phenolic OH excluding ortho intramolecular Hbond substituents is 1. The average Bonchev–Trinajstić information content (AvgIpc) is 3.29. The molecule has 2 aliphatic rings. The van der Waals surface area contributed by atoms with Crippen LogP contribution in [-0.2, 0) is 14.9 Å². The lowest BCUT2D eigenvalue weighted by atomic mass is 9.59. The fourth-order valence-corrected chi connectivity index (χ4v) is 5.05. The van der Waals surface area contributed by atoms with Crippen LogP contribution >= 0.6 is 0 Å². The zero-order valence-corrected chi connectivity index (χ0v) is 17.0. The first kappa shape index (κ1) is 21.5. The molecular formula is C22H25NO8. The predicted molar refractivity (Wildman–Crippen MR) is 108 cm³/mol. The van der Waals surface area contributed by atoms with Crippen LogP contribution in [-0.4, -0.2) is 57.5 Å². The first-order valence-electron chi connectivity index (χ1n) is 10.2. The summed E-state index contributed by atoms with van der Waals surface area (Å²) in [6.07, 6.45) is -1.08. The number of fused-ring (bicyclic) bond motifs is 1. The second-order valence-electron chi connectivity index (χ2n) is 8.06. The summed E-state index contributed by atoms with van der Waals surface area (Å²) in [7, 11) is 0. The normalized spacial score (nSPS) is 29.3. The van der Waals surface area contributed by atoms with Gasteiger partial charge in [0.05, 0.1) is 18.6 Å². The fraction of sp³-hybridized carbons (Fsp3) is 0.455. The molecule has 31 heavy (non-hydrogen) atoms. The highest BCUT2D eigenvalue weighted by Gasteiger charge is 2.65. The molecule has 2 heterocycles. The highest BCUT2D eigenvalue weighted by Crippen LogP contribution is 2.53. The van der Waals surface area contributed by atoms with E-state index in [1.807, 2.05) is 6.92 Å².